The number of aromatic nitrogens is 2. The van der Waals surface area contributed by atoms with E-state index in [2.05, 4.69) is 73.0 Å². The molecule has 3 unspecified atom stereocenters. The van der Waals surface area contributed by atoms with Gasteiger partial charge >= 0.3 is 5.97 Å². The smallest absolute Gasteiger partial charge is 0.346 e. The lowest BCUT2D eigenvalue weighted by Gasteiger charge is -2.15. The Morgan fingerprint density at radius 1 is 0.871 bits per heavy atom. The highest BCUT2D eigenvalue weighted by molar-refractivity contribution is 8.07. The monoisotopic (exact) mass is 913 g/mol. The summed E-state index contributed by atoms with van der Waals surface area (Å²) in [7, 11) is 0. The van der Waals surface area contributed by atoms with E-state index < -0.39 is 12.1 Å². The van der Waals surface area contributed by atoms with E-state index in [-0.39, 0.29) is 16.1 Å². The molecule has 0 fully saturated rings. The molecular weight excluding hydrogens is 866 g/mol. The van der Waals surface area contributed by atoms with E-state index >= 15 is 0 Å². The number of nitriles is 1. The molecule has 0 radical (unpaired) electrons. The standard InChI is InChI=1S/C51H48FN3O2S5/c1-3-5-7-9-13-33-27-43(62-46(33)31-17-19-32(20-18-31)50-54-39-15-11-12-16-40(39)55(50)37-23-21-36(52)22-24-37)47-34(14-10-8-6-4-2)26-41(60-47)42-29-45-49(61-42)48-44(59-45)28-38(58-48)25-35(30-53)51(56)57/h11-12,15-21,23-29,36,44,48H,3-10,13-14,22H2,1-2H3,(H,56,57)/b35-25+. The lowest BCUT2D eigenvalue weighted by atomic mass is 10.0. The minimum Gasteiger partial charge on any atom is -0.477 e. The highest BCUT2D eigenvalue weighted by Gasteiger charge is 2.40. The number of thiophene rings is 3. The summed E-state index contributed by atoms with van der Waals surface area (Å²) in [5, 5.41) is 19.2. The van der Waals surface area contributed by atoms with Crippen molar-refractivity contribution in [3.8, 4) is 47.4 Å². The predicted molar refractivity (Wildman–Crippen MR) is 263 cm³/mol. The van der Waals surface area contributed by atoms with Crippen molar-refractivity contribution in [2.45, 2.75) is 106 Å². The molecule has 0 spiro atoms. The Kier molecular flexibility index (Phi) is 13.2. The van der Waals surface area contributed by atoms with Crippen molar-refractivity contribution in [2.24, 2.45) is 0 Å². The van der Waals surface area contributed by atoms with Gasteiger partial charge in [0.2, 0.25) is 0 Å². The number of carbonyl (C=O) groups is 1. The van der Waals surface area contributed by atoms with Gasteiger partial charge in [0.15, 0.2) is 0 Å². The van der Waals surface area contributed by atoms with E-state index in [1.807, 2.05) is 82.2 Å². The van der Waals surface area contributed by atoms with Crippen molar-refractivity contribution in [3.63, 3.8) is 0 Å². The van der Waals surface area contributed by atoms with E-state index in [0.29, 0.717) is 6.42 Å². The van der Waals surface area contributed by atoms with Crippen LogP contribution in [0.1, 0.15) is 92.9 Å². The molecule has 6 aromatic rings. The molecule has 316 valence electrons. The fourth-order valence-electron chi connectivity index (χ4n) is 8.51. The number of hydrogen-bond acceptors (Lipinski definition) is 8. The fourth-order valence-corrected chi connectivity index (χ4v) is 15.8. The second kappa shape index (κ2) is 19.1. The molecule has 2 aromatic carbocycles. The third-order valence-corrected chi connectivity index (χ3v) is 18.7. The van der Waals surface area contributed by atoms with Crippen LogP contribution in [0.3, 0.4) is 0 Å². The van der Waals surface area contributed by atoms with Gasteiger partial charge < -0.3 is 5.11 Å². The van der Waals surface area contributed by atoms with Crippen LogP contribution in [-0.4, -0.2) is 32.0 Å². The highest BCUT2D eigenvalue weighted by Crippen LogP contribution is 2.62. The average Bonchev–Trinajstić information content (AvgIpc) is 4.14. The molecule has 62 heavy (non-hydrogen) atoms. The second-order valence-corrected chi connectivity index (χ2v) is 21.8. The van der Waals surface area contributed by atoms with Crippen LogP contribution in [0.25, 0.3) is 58.1 Å². The van der Waals surface area contributed by atoms with Crippen LogP contribution in [0.2, 0.25) is 0 Å². The number of aryl methyl sites for hydroxylation is 2. The summed E-state index contributed by atoms with van der Waals surface area (Å²) in [6.07, 6.45) is 20.4. The van der Waals surface area contributed by atoms with E-state index in [0.717, 1.165) is 45.9 Å². The van der Waals surface area contributed by atoms with Crippen LogP contribution in [0.5, 0.6) is 0 Å². The lowest BCUT2D eigenvalue weighted by Crippen LogP contribution is -2.04. The van der Waals surface area contributed by atoms with Gasteiger partial charge in [-0.25, -0.2) is 14.2 Å². The summed E-state index contributed by atoms with van der Waals surface area (Å²) in [6.45, 7) is 4.54. The Balaban J connectivity index is 1.04. The van der Waals surface area contributed by atoms with E-state index in [9.17, 15) is 19.6 Å². The third-order valence-electron chi connectivity index (χ3n) is 11.7. The minimum atomic E-state index is -1.19. The topological polar surface area (TPSA) is 78.9 Å². The van der Waals surface area contributed by atoms with Crippen LogP contribution in [0, 0.1) is 11.3 Å². The zero-order valence-electron chi connectivity index (χ0n) is 34.9. The van der Waals surface area contributed by atoms with Gasteiger partial charge in [0.1, 0.15) is 23.6 Å². The van der Waals surface area contributed by atoms with Crippen molar-refractivity contribution in [2.75, 3.05) is 0 Å². The van der Waals surface area contributed by atoms with Crippen molar-refractivity contribution >= 4 is 80.2 Å². The maximum absolute atomic E-state index is 14.1. The Morgan fingerprint density at radius 3 is 2.27 bits per heavy atom. The van der Waals surface area contributed by atoms with Gasteiger partial charge in [-0.05, 0) is 90.9 Å². The SMILES string of the molecule is CCCCCCc1cc(-c2sc(-c3cc4c(s3)C3SC(/C=C(\C#N)C(=O)O)=CC3S4)cc2CCCCCC)sc1-c1ccc(-c2nc3ccccc3n2C2=CCC(F)C=C2)cc1. The number of fused-ring (bicyclic) bond motifs is 4. The quantitative estimate of drug-likeness (QED) is 0.0558. The number of rotatable bonds is 17. The van der Waals surface area contributed by atoms with Crippen LogP contribution < -0.4 is 0 Å². The Morgan fingerprint density at radius 2 is 1.56 bits per heavy atom. The molecule has 0 saturated heterocycles. The summed E-state index contributed by atoms with van der Waals surface area (Å²) < 4.78 is 16.3. The van der Waals surface area contributed by atoms with Gasteiger partial charge in [0.05, 0.1) is 16.3 Å². The van der Waals surface area contributed by atoms with Crippen LogP contribution in [0.15, 0.2) is 112 Å². The Labute approximate surface area is 383 Å². The molecule has 5 nitrogen and oxygen atoms in total. The first-order valence-corrected chi connectivity index (χ1v) is 25.9. The number of carboxylic acid groups (broad SMARTS) is 1. The molecule has 11 heteroatoms. The van der Waals surface area contributed by atoms with Gasteiger partial charge in [-0.2, -0.15) is 5.26 Å². The minimum absolute atomic E-state index is 0.224. The number of para-hydroxylation sites is 2. The van der Waals surface area contributed by atoms with Crippen LogP contribution in [0.4, 0.5) is 4.39 Å². The fraction of sp³-hybridized carbons (Fsp3) is 0.314. The molecule has 0 bridgehead atoms. The summed E-state index contributed by atoms with van der Waals surface area (Å²) in [6, 6.07) is 26.2. The number of alkyl halides is 1. The maximum Gasteiger partial charge on any atom is 0.346 e. The molecule has 6 heterocycles. The van der Waals surface area contributed by atoms with E-state index in [1.165, 1.54) is 108 Å². The first kappa shape index (κ1) is 42.8. The molecular formula is C51H48FN3O2S5. The first-order chi connectivity index (χ1) is 30.3. The summed E-state index contributed by atoms with van der Waals surface area (Å²) in [5.74, 6) is -0.327. The summed E-state index contributed by atoms with van der Waals surface area (Å²) in [4.78, 5) is 26.8. The number of nitrogens with zero attached hydrogens (tertiary/aromatic N) is 3. The van der Waals surface area contributed by atoms with Gasteiger partial charge in [-0.1, -0.05) is 101 Å². The number of unbranched alkanes of at least 4 members (excludes halogenated alkanes) is 6. The van der Waals surface area contributed by atoms with Gasteiger partial charge in [-0.3, -0.25) is 4.57 Å². The van der Waals surface area contributed by atoms with Gasteiger partial charge in [0.25, 0.3) is 0 Å². The number of benzene rings is 2. The highest BCUT2D eigenvalue weighted by atomic mass is 32.2. The number of allylic oxidation sites excluding steroid dienone is 5. The predicted octanol–water partition coefficient (Wildman–Crippen LogP) is 16.0. The summed E-state index contributed by atoms with van der Waals surface area (Å²) in [5.41, 5.74) is 7.76. The van der Waals surface area contributed by atoms with E-state index in [1.54, 1.807) is 17.8 Å². The lowest BCUT2D eigenvalue weighted by molar-refractivity contribution is -0.132. The number of thioether (sulfide) groups is 2. The molecule has 9 rings (SSSR count). The molecule has 1 N–H and O–H groups in total. The van der Waals surface area contributed by atoms with Crippen LogP contribution >= 0.6 is 57.5 Å². The van der Waals surface area contributed by atoms with Gasteiger partial charge in [-0.15, -0.1) is 57.5 Å². The number of aliphatic carboxylic acids is 1. The number of imidazole rings is 1. The molecule has 0 saturated carbocycles. The zero-order chi connectivity index (χ0) is 42.7. The third kappa shape index (κ3) is 8.87. The van der Waals surface area contributed by atoms with Crippen molar-refractivity contribution < 1.29 is 14.3 Å². The van der Waals surface area contributed by atoms with E-state index in [4.69, 9.17) is 4.98 Å². The number of hydrogen-bond donors (Lipinski definition) is 1. The Hall–Kier alpha value is -4.44. The zero-order valence-corrected chi connectivity index (χ0v) is 38.9. The van der Waals surface area contributed by atoms with Crippen molar-refractivity contribution in [3.05, 3.63) is 124 Å². The average molecular weight is 914 g/mol. The van der Waals surface area contributed by atoms with Crippen molar-refractivity contribution in [1.82, 2.24) is 9.55 Å². The molecule has 3 aliphatic rings. The second-order valence-electron chi connectivity index (χ2n) is 16.1. The molecule has 0 amide bonds. The molecule has 2 aliphatic heterocycles. The summed E-state index contributed by atoms with van der Waals surface area (Å²) >= 11 is 9.26. The van der Waals surface area contributed by atoms with Crippen molar-refractivity contribution in [1.29, 1.82) is 5.26 Å². The first-order valence-electron chi connectivity index (χ1n) is 21.7. The largest absolute Gasteiger partial charge is 0.477 e. The Bertz CT molecular complexity index is 2790. The maximum atomic E-state index is 14.1. The number of halogens is 1. The normalized spacial score (nSPS) is 18.2. The molecule has 4 aromatic heterocycles. The number of carboxylic acids is 1. The van der Waals surface area contributed by atoms with Gasteiger partial charge in [0, 0.05) is 62.0 Å². The van der Waals surface area contributed by atoms with Crippen LogP contribution in [-0.2, 0) is 17.6 Å². The molecule has 1 aliphatic carbocycles. The molecule has 3 atom stereocenters.